The van der Waals surface area contributed by atoms with Crippen LogP contribution in [0.4, 0.5) is 5.95 Å². The normalized spacial score (nSPS) is 12.3. The number of aromatic nitrogens is 3. The Morgan fingerprint density at radius 2 is 2.00 bits per heavy atom. The lowest BCUT2D eigenvalue weighted by molar-refractivity contribution is 0.291. The molecule has 0 N–H and O–H groups in total. The molecule has 1 aromatic rings. The molecule has 0 saturated carbocycles. The molecule has 0 aromatic carbocycles. The van der Waals surface area contributed by atoms with E-state index in [4.69, 9.17) is 16.3 Å². The summed E-state index contributed by atoms with van der Waals surface area (Å²) in [4.78, 5) is 14.3. The van der Waals surface area contributed by atoms with Crippen molar-refractivity contribution in [2.75, 3.05) is 25.1 Å². The number of rotatable bonds is 7. The highest BCUT2D eigenvalue weighted by Gasteiger charge is 2.12. The topological polar surface area (TPSA) is 51.1 Å². The third kappa shape index (κ3) is 4.64. The van der Waals surface area contributed by atoms with Crippen LogP contribution in [0.25, 0.3) is 0 Å². The molecule has 1 heterocycles. The smallest absolute Gasteiger partial charge is 0.322 e. The lowest BCUT2D eigenvalue weighted by Crippen LogP contribution is -2.26. The van der Waals surface area contributed by atoms with Crippen LogP contribution in [-0.4, -0.2) is 35.2 Å². The largest absolute Gasteiger partial charge is 0.463 e. The van der Waals surface area contributed by atoms with Gasteiger partial charge in [-0.2, -0.15) is 15.0 Å². The Hall–Kier alpha value is -1.10. The van der Waals surface area contributed by atoms with Crippen LogP contribution in [0.2, 0.25) is 5.28 Å². The van der Waals surface area contributed by atoms with Gasteiger partial charge in [-0.15, -0.1) is 0 Å². The summed E-state index contributed by atoms with van der Waals surface area (Å²) in [7, 11) is 1.95. The van der Waals surface area contributed by atoms with Gasteiger partial charge in [-0.3, -0.25) is 0 Å². The zero-order valence-corrected chi connectivity index (χ0v) is 12.2. The van der Waals surface area contributed by atoms with Crippen LogP contribution in [0.3, 0.4) is 0 Å². The summed E-state index contributed by atoms with van der Waals surface area (Å²) in [6.45, 7) is 7.83. The number of ether oxygens (including phenoxy) is 1. The van der Waals surface area contributed by atoms with Gasteiger partial charge in [-0.05, 0) is 23.9 Å². The second-order valence-electron chi connectivity index (χ2n) is 4.43. The first-order valence-corrected chi connectivity index (χ1v) is 6.70. The Labute approximate surface area is 114 Å². The molecular formula is C12H21ClN4O. The molecule has 0 fully saturated rings. The van der Waals surface area contributed by atoms with Crippen molar-refractivity contribution in [2.45, 2.75) is 33.6 Å². The molecule has 102 valence electrons. The number of anilines is 1. The zero-order chi connectivity index (χ0) is 13.5. The van der Waals surface area contributed by atoms with Crippen molar-refractivity contribution in [1.29, 1.82) is 0 Å². The maximum absolute atomic E-state index is 5.87. The van der Waals surface area contributed by atoms with Crippen molar-refractivity contribution in [1.82, 2.24) is 15.0 Å². The van der Waals surface area contributed by atoms with Crippen molar-refractivity contribution in [3.05, 3.63) is 5.28 Å². The van der Waals surface area contributed by atoms with Crippen LogP contribution >= 0.6 is 11.6 Å². The molecule has 1 atom stereocenters. The second-order valence-corrected chi connectivity index (χ2v) is 4.77. The van der Waals surface area contributed by atoms with Gasteiger partial charge in [-0.25, -0.2) is 0 Å². The summed E-state index contributed by atoms with van der Waals surface area (Å²) in [6.07, 6.45) is 2.02. The van der Waals surface area contributed by atoms with E-state index in [0.29, 0.717) is 24.5 Å². The van der Waals surface area contributed by atoms with Gasteiger partial charge in [0.05, 0.1) is 6.61 Å². The highest BCUT2D eigenvalue weighted by molar-refractivity contribution is 6.28. The third-order valence-electron chi connectivity index (χ3n) is 2.63. The van der Waals surface area contributed by atoms with E-state index in [0.717, 1.165) is 19.4 Å². The van der Waals surface area contributed by atoms with E-state index < -0.39 is 0 Å². The maximum Gasteiger partial charge on any atom is 0.322 e. The quantitative estimate of drug-likeness (QED) is 0.764. The minimum atomic E-state index is 0.169. The fourth-order valence-corrected chi connectivity index (χ4v) is 1.58. The molecule has 0 bridgehead atoms. The fourth-order valence-electron chi connectivity index (χ4n) is 1.43. The SMILES string of the molecule is CCCOc1nc(Cl)nc(N(C)CC(C)CC)n1. The van der Waals surface area contributed by atoms with Crippen LogP contribution in [0, 0.1) is 5.92 Å². The number of nitrogens with zero attached hydrogens (tertiary/aromatic N) is 4. The predicted molar refractivity (Wildman–Crippen MR) is 73.3 cm³/mol. The second kappa shape index (κ2) is 7.36. The molecule has 1 rings (SSSR count). The van der Waals surface area contributed by atoms with E-state index in [-0.39, 0.29) is 5.28 Å². The van der Waals surface area contributed by atoms with E-state index >= 15 is 0 Å². The Kier molecular flexibility index (Phi) is 6.12. The van der Waals surface area contributed by atoms with Crippen molar-refractivity contribution >= 4 is 17.5 Å². The first kappa shape index (κ1) is 15.0. The van der Waals surface area contributed by atoms with Gasteiger partial charge in [0.25, 0.3) is 0 Å². The summed E-state index contributed by atoms with van der Waals surface area (Å²) in [5.74, 6) is 1.13. The molecule has 18 heavy (non-hydrogen) atoms. The van der Waals surface area contributed by atoms with Crippen molar-refractivity contribution in [3.8, 4) is 6.01 Å². The van der Waals surface area contributed by atoms with Gasteiger partial charge in [0.2, 0.25) is 11.2 Å². The summed E-state index contributed by atoms with van der Waals surface area (Å²) in [6, 6.07) is 0.294. The average molecular weight is 273 g/mol. The van der Waals surface area contributed by atoms with Gasteiger partial charge in [0.1, 0.15) is 0 Å². The zero-order valence-electron chi connectivity index (χ0n) is 11.5. The van der Waals surface area contributed by atoms with Crippen LogP contribution in [-0.2, 0) is 0 Å². The van der Waals surface area contributed by atoms with Crippen molar-refractivity contribution in [3.63, 3.8) is 0 Å². The third-order valence-corrected chi connectivity index (χ3v) is 2.80. The number of hydrogen-bond donors (Lipinski definition) is 0. The van der Waals surface area contributed by atoms with E-state index in [2.05, 4.69) is 28.8 Å². The summed E-state index contributed by atoms with van der Waals surface area (Å²) >= 11 is 5.87. The Balaban J connectivity index is 2.77. The van der Waals surface area contributed by atoms with E-state index in [1.807, 2.05) is 18.9 Å². The molecule has 0 aliphatic heterocycles. The molecule has 0 spiro atoms. The first-order valence-electron chi connectivity index (χ1n) is 6.32. The predicted octanol–water partition coefficient (Wildman–Crippen LogP) is 2.80. The molecule has 1 aromatic heterocycles. The maximum atomic E-state index is 5.87. The lowest BCUT2D eigenvalue weighted by atomic mass is 10.1. The molecule has 0 aliphatic rings. The van der Waals surface area contributed by atoms with Gasteiger partial charge in [0.15, 0.2) is 0 Å². The van der Waals surface area contributed by atoms with Crippen LogP contribution < -0.4 is 9.64 Å². The van der Waals surface area contributed by atoms with Crippen LogP contribution in [0.1, 0.15) is 33.6 Å². The Morgan fingerprint density at radius 1 is 1.28 bits per heavy atom. The first-order chi connectivity index (χ1) is 8.56. The molecule has 0 amide bonds. The molecule has 0 aliphatic carbocycles. The van der Waals surface area contributed by atoms with Gasteiger partial charge < -0.3 is 9.64 Å². The molecular weight excluding hydrogens is 252 g/mol. The standard InChI is InChI=1S/C12H21ClN4O/c1-5-7-18-12-15-10(13)14-11(16-12)17(4)8-9(3)6-2/h9H,5-8H2,1-4H3. The van der Waals surface area contributed by atoms with E-state index in [1.165, 1.54) is 0 Å². The van der Waals surface area contributed by atoms with Crippen molar-refractivity contribution < 1.29 is 4.74 Å². The number of hydrogen-bond acceptors (Lipinski definition) is 5. The van der Waals surface area contributed by atoms with Crippen LogP contribution in [0.5, 0.6) is 6.01 Å². The lowest BCUT2D eigenvalue weighted by Gasteiger charge is -2.20. The molecule has 1 unspecified atom stereocenters. The Bertz CT molecular complexity index is 375. The fraction of sp³-hybridized carbons (Fsp3) is 0.750. The minimum absolute atomic E-state index is 0.169. The summed E-state index contributed by atoms with van der Waals surface area (Å²) in [5.41, 5.74) is 0. The molecule has 5 nitrogen and oxygen atoms in total. The van der Waals surface area contributed by atoms with Gasteiger partial charge in [-0.1, -0.05) is 27.2 Å². The molecule has 6 heteroatoms. The highest BCUT2D eigenvalue weighted by atomic mass is 35.5. The van der Waals surface area contributed by atoms with Gasteiger partial charge in [0, 0.05) is 13.6 Å². The monoisotopic (exact) mass is 272 g/mol. The Morgan fingerprint density at radius 3 is 2.61 bits per heavy atom. The highest BCUT2D eigenvalue weighted by Crippen LogP contribution is 2.16. The average Bonchev–Trinajstić information content (AvgIpc) is 2.35. The van der Waals surface area contributed by atoms with Crippen molar-refractivity contribution in [2.24, 2.45) is 5.92 Å². The van der Waals surface area contributed by atoms with Gasteiger partial charge >= 0.3 is 6.01 Å². The number of halogens is 1. The van der Waals surface area contributed by atoms with E-state index in [1.54, 1.807) is 0 Å². The van der Waals surface area contributed by atoms with E-state index in [9.17, 15) is 0 Å². The molecule has 0 radical (unpaired) electrons. The summed E-state index contributed by atoms with van der Waals surface area (Å²) < 4.78 is 5.38. The minimum Gasteiger partial charge on any atom is -0.463 e. The molecule has 0 saturated heterocycles. The van der Waals surface area contributed by atoms with Crippen LogP contribution in [0.15, 0.2) is 0 Å². The summed E-state index contributed by atoms with van der Waals surface area (Å²) in [5, 5.41) is 0.169.